The largest absolute Gasteiger partial charge is 0.489 e. The van der Waals surface area contributed by atoms with Crippen LogP contribution in [0.1, 0.15) is 51.5 Å². The van der Waals surface area contributed by atoms with Crippen molar-refractivity contribution in [1.29, 1.82) is 0 Å². The van der Waals surface area contributed by atoms with Crippen molar-refractivity contribution in [1.82, 2.24) is 9.88 Å². The van der Waals surface area contributed by atoms with Gasteiger partial charge >= 0.3 is 5.97 Å². The highest BCUT2D eigenvalue weighted by Gasteiger charge is 2.63. The molecule has 0 bridgehead atoms. The number of benzene rings is 1. The molecule has 0 N–H and O–H groups in total. The van der Waals surface area contributed by atoms with Crippen LogP contribution in [-0.2, 0) is 19.1 Å². The Labute approximate surface area is 224 Å². The number of hydrogen-bond acceptors (Lipinski definition) is 6. The van der Waals surface area contributed by atoms with Crippen LogP contribution < -0.4 is 0 Å². The molecule has 6 rings (SSSR count). The van der Waals surface area contributed by atoms with Gasteiger partial charge in [0.05, 0.1) is 5.57 Å². The normalized spacial score (nSPS) is 33.9. The zero-order chi connectivity index (χ0) is 26.8. The molecule has 1 saturated carbocycles. The van der Waals surface area contributed by atoms with Crippen LogP contribution in [0.15, 0.2) is 71.8 Å². The number of ether oxygens (including phenoxy) is 2. The average molecular weight is 513 g/mol. The molecule has 2 aromatic rings. The van der Waals surface area contributed by atoms with Gasteiger partial charge in [-0.15, -0.1) is 0 Å². The predicted molar refractivity (Wildman–Crippen MR) is 146 cm³/mol. The van der Waals surface area contributed by atoms with Crippen LogP contribution in [0.25, 0.3) is 10.8 Å². The summed E-state index contributed by atoms with van der Waals surface area (Å²) in [5.74, 6) is 1.00. The molecule has 0 saturated heterocycles. The molecule has 1 aromatic heterocycles. The van der Waals surface area contributed by atoms with E-state index >= 15 is 0 Å². The molecule has 0 amide bonds. The van der Waals surface area contributed by atoms with E-state index < -0.39 is 5.60 Å². The lowest BCUT2D eigenvalue weighted by Crippen LogP contribution is -2.42. The summed E-state index contributed by atoms with van der Waals surface area (Å²) in [6, 6.07) is 8.49. The molecular formula is C32H36N2O4. The Bertz CT molecular complexity index is 1420. The lowest BCUT2D eigenvalue weighted by atomic mass is 9.63. The number of fused-ring (bicyclic) bond motifs is 4. The number of aromatic nitrogens is 1. The number of hydrogen-bond donors (Lipinski definition) is 0. The molecule has 6 heteroatoms. The summed E-state index contributed by atoms with van der Waals surface area (Å²) in [6.07, 6.45) is 12.0. The summed E-state index contributed by atoms with van der Waals surface area (Å²) in [5, 5.41) is 2.20. The number of allylic oxidation sites excluding steroid dienone is 4. The summed E-state index contributed by atoms with van der Waals surface area (Å²) >= 11 is 0. The smallest absolute Gasteiger partial charge is 0.303 e. The van der Waals surface area contributed by atoms with Crippen molar-refractivity contribution >= 4 is 22.5 Å². The predicted octanol–water partition coefficient (Wildman–Crippen LogP) is 5.36. The van der Waals surface area contributed by atoms with Crippen LogP contribution in [0.3, 0.4) is 0 Å². The quantitative estimate of drug-likeness (QED) is 0.514. The van der Waals surface area contributed by atoms with Crippen LogP contribution >= 0.6 is 0 Å². The van der Waals surface area contributed by atoms with E-state index in [1.54, 1.807) is 0 Å². The molecular weight excluding hydrogens is 476 g/mol. The summed E-state index contributed by atoms with van der Waals surface area (Å²) in [6.45, 7) is 6.70. The number of Topliss-reactive ketones (excluding diaryl/α,β-unsaturated/α-hetero) is 1. The fourth-order valence-electron chi connectivity index (χ4n) is 7.81. The summed E-state index contributed by atoms with van der Waals surface area (Å²) < 4.78 is 12.9. The van der Waals surface area contributed by atoms with E-state index in [2.05, 4.69) is 60.2 Å². The lowest BCUT2D eigenvalue weighted by Gasteiger charge is -2.45. The molecule has 4 aliphatic rings. The number of carbonyl (C=O) groups excluding carboxylic acids is 2. The van der Waals surface area contributed by atoms with Crippen LogP contribution in [0.4, 0.5) is 0 Å². The van der Waals surface area contributed by atoms with E-state index in [1.165, 1.54) is 6.92 Å². The highest BCUT2D eigenvalue weighted by molar-refractivity contribution is 6.00. The fraction of sp³-hybridized carbons (Fsp3) is 0.469. The monoisotopic (exact) mass is 512 g/mol. The average Bonchev–Trinajstić information content (AvgIpc) is 3.08. The molecule has 6 atom stereocenters. The van der Waals surface area contributed by atoms with E-state index in [0.717, 1.165) is 46.2 Å². The minimum atomic E-state index is -0.709. The second-order valence-electron chi connectivity index (χ2n) is 12.3. The Morgan fingerprint density at radius 2 is 2.00 bits per heavy atom. The van der Waals surface area contributed by atoms with Crippen LogP contribution in [0.2, 0.25) is 0 Å². The Balaban J connectivity index is 1.41. The Hall–Kier alpha value is -3.25. The van der Waals surface area contributed by atoms with E-state index in [1.807, 2.05) is 32.6 Å². The van der Waals surface area contributed by atoms with E-state index in [9.17, 15) is 9.59 Å². The molecule has 2 heterocycles. The van der Waals surface area contributed by atoms with Gasteiger partial charge in [-0.2, -0.15) is 0 Å². The van der Waals surface area contributed by atoms with Crippen molar-refractivity contribution in [3.05, 3.63) is 77.4 Å². The maximum atomic E-state index is 13.1. The number of pyridine rings is 1. The van der Waals surface area contributed by atoms with Gasteiger partial charge in [-0.1, -0.05) is 37.3 Å². The third kappa shape index (κ3) is 4.01. The maximum absolute atomic E-state index is 13.1. The highest BCUT2D eigenvalue weighted by Crippen LogP contribution is 2.64. The van der Waals surface area contributed by atoms with E-state index in [4.69, 9.17) is 9.47 Å². The minimum absolute atomic E-state index is 0.0623. The van der Waals surface area contributed by atoms with Crippen molar-refractivity contribution in [2.24, 2.45) is 17.3 Å². The first kappa shape index (κ1) is 25.1. The van der Waals surface area contributed by atoms with Crippen molar-refractivity contribution in [2.75, 3.05) is 20.6 Å². The first-order valence-electron chi connectivity index (χ1n) is 13.6. The van der Waals surface area contributed by atoms with Crippen molar-refractivity contribution in [2.45, 2.75) is 57.7 Å². The Kier molecular flexibility index (Phi) is 5.87. The molecule has 2 unspecified atom stereocenters. The SMILES string of the molecule is CC(=O)OC1(C)C[C@H]2[C@@H]3OC4=C(C=C3C=C[C@]2(C)[C@H]1c1ccc2cnccc2c1)C(=O)CC(CN(C)C)C4. The Morgan fingerprint density at radius 1 is 1.18 bits per heavy atom. The van der Waals surface area contributed by atoms with Crippen molar-refractivity contribution in [3.63, 3.8) is 0 Å². The molecule has 6 nitrogen and oxygen atoms in total. The van der Waals surface area contributed by atoms with Crippen molar-refractivity contribution in [3.8, 4) is 0 Å². The molecule has 0 spiro atoms. The second-order valence-corrected chi connectivity index (χ2v) is 12.3. The van der Waals surface area contributed by atoms with Crippen LogP contribution in [-0.4, -0.2) is 54.0 Å². The summed E-state index contributed by atoms with van der Waals surface area (Å²) in [5.41, 5.74) is 1.90. The van der Waals surface area contributed by atoms with Gasteiger partial charge in [0.25, 0.3) is 0 Å². The van der Waals surface area contributed by atoms with Gasteiger partial charge in [0.15, 0.2) is 5.78 Å². The fourth-order valence-corrected chi connectivity index (χ4v) is 7.81. The van der Waals surface area contributed by atoms with Gasteiger partial charge < -0.3 is 14.4 Å². The zero-order valence-corrected chi connectivity index (χ0v) is 22.9. The van der Waals surface area contributed by atoms with Gasteiger partial charge in [0, 0.05) is 61.3 Å². The van der Waals surface area contributed by atoms with Gasteiger partial charge in [-0.25, -0.2) is 0 Å². The van der Waals surface area contributed by atoms with Crippen LogP contribution in [0, 0.1) is 17.3 Å². The highest BCUT2D eigenvalue weighted by atomic mass is 16.6. The molecule has 38 heavy (non-hydrogen) atoms. The molecule has 1 fully saturated rings. The molecule has 3 aliphatic carbocycles. The third-order valence-electron chi connectivity index (χ3n) is 9.11. The number of ketones is 1. The Morgan fingerprint density at radius 3 is 2.76 bits per heavy atom. The van der Waals surface area contributed by atoms with E-state index in [0.29, 0.717) is 12.8 Å². The lowest BCUT2D eigenvalue weighted by molar-refractivity contribution is -0.157. The number of rotatable bonds is 4. The number of nitrogens with zero attached hydrogens (tertiary/aromatic N) is 2. The van der Waals surface area contributed by atoms with Gasteiger partial charge in [0.1, 0.15) is 17.5 Å². The standard InChI is InChI=1S/C32H36N2O4/c1-19(35)38-32(3)16-26-29-22(15-25-27(36)12-20(18-34(4)5)13-28(25)37-29)8-10-31(26,2)30(32)23-6-7-24-17-33-11-9-21(24)14-23/h6-11,14-15,17,20,26,29-30H,12-13,16,18H2,1-5H3/t20?,26-,29+,30+,31-,32?/m0/s1. The van der Waals surface area contributed by atoms with Gasteiger partial charge in [-0.3, -0.25) is 14.6 Å². The number of carbonyl (C=O) groups is 2. The topological polar surface area (TPSA) is 68.7 Å². The van der Waals surface area contributed by atoms with Gasteiger partial charge in [0.2, 0.25) is 0 Å². The molecule has 0 radical (unpaired) electrons. The van der Waals surface area contributed by atoms with E-state index in [-0.39, 0.29) is 41.0 Å². The zero-order valence-electron chi connectivity index (χ0n) is 22.9. The third-order valence-corrected chi connectivity index (χ3v) is 9.11. The minimum Gasteiger partial charge on any atom is -0.489 e. The molecule has 1 aliphatic heterocycles. The number of esters is 1. The molecule has 1 aromatic carbocycles. The summed E-state index contributed by atoms with van der Waals surface area (Å²) in [7, 11) is 4.09. The first-order valence-corrected chi connectivity index (χ1v) is 13.6. The van der Waals surface area contributed by atoms with Gasteiger partial charge in [-0.05, 0) is 62.0 Å². The molecule has 198 valence electrons. The maximum Gasteiger partial charge on any atom is 0.303 e. The van der Waals surface area contributed by atoms with Crippen LogP contribution in [0.5, 0.6) is 0 Å². The summed E-state index contributed by atoms with van der Waals surface area (Å²) in [4.78, 5) is 31.9. The first-order chi connectivity index (χ1) is 18.1. The van der Waals surface area contributed by atoms with Crippen molar-refractivity contribution < 1.29 is 19.1 Å². The second kappa shape index (κ2) is 8.91.